The Labute approximate surface area is 177 Å². The van der Waals surface area contributed by atoms with E-state index in [2.05, 4.69) is 36.6 Å². The summed E-state index contributed by atoms with van der Waals surface area (Å²) < 4.78 is 1.63. The number of urea groups is 1. The van der Waals surface area contributed by atoms with Crippen LogP contribution in [0.25, 0.3) is 5.69 Å². The fourth-order valence-corrected chi connectivity index (χ4v) is 3.13. The van der Waals surface area contributed by atoms with Crippen LogP contribution in [-0.2, 0) is 6.54 Å². The summed E-state index contributed by atoms with van der Waals surface area (Å²) in [6, 6.07) is 6.66. The summed E-state index contributed by atoms with van der Waals surface area (Å²) in [5.74, 6) is -0.324. The molecule has 0 saturated heterocycles. The maximum Gasteiger partial charge on any atom is 0.317 e. The summed E-state index contributed by atoms with van der Waals surface area (Å²) >= 11 is 0. The second kappa shape index (κ2) is 8.61. The molecule has 160 valence electrons. The highest BCUT2D eigenvalue weighted by Gasteiger charge is 2.24. The molecule has 3 aromatic rings. The number of hydrogen-bond acceptors (Lipinski definition) is 7. The fourth-order valence-electron chi connectivity index (χ4n) is 3.13. The van der Waals surface area contributed by atoms with Gasteiger partial charge in [0.15, 0.2) is 6.29 Å². The van der Waals surface area contributed by atoms with Crippen molar-refractivity contribution in [3.8, 4) is 11.4 Å². The predicted molar refractivity (Wildman–Crippen MR) is 114 cm³/mol. The lowest BCUT2D eigenvalue weighted by atomic mass is 10.2. The van der Waals surface area contributed by atoms with Gasteiger partial charge in [-0.25, -0.2) is 9.78 Å². The number of rotatable bonds is 6. The molecule has 0 spiro atoms. The second-order valence-electron chi connectivity index (χ2n) is 6.82. The van der Waals surface area contributed by atoms with Gasteiger partial charge in [-0.05, 0) is 24.6 Å². The van der Waals surface area contributed by atoms with Crippen molar-refractivity contribution in [1.29, 1.82) is 0 Å². The Bertz CT molecular complexity index is 1100. The van der Waals surface area contributed by atoms with Crippen molar-refractivity contribution in [3.63, 3.8) is 0 Å². The monoisotopic (exact) mass is 422 g/mol. The number of carbonyl (C=O) groups excluding carboxylic acids is 2. The van der Waals surface area contributed by atoms with Crippen LogP contribution in [-0.4, -0.2) is 44.4 Å². The number of pyridine rings is 1. The van der Waals surface area contributed by atoms with Crippen molar-refractivity contribution in [3.05, 3.63) is 60.4 Å². The zero-order chi connectivity index (χ0) is 21.8. The van der Waals surface area contributed by atoms with E-state index in [9.17, 15) is 14.7 Å². The van der Waals surface area contributed by atoms with Crippen LogP contribution in [0, 0.1) is 0 Å². The quantitative estimate of drug-likeness (QED) is 0.329. The molecule has 1 unspecified atom stereocenters. The Morgan fingerprint density at radius 1 is 1.26 bits per heavy atom. The number of carbonyl (C=O) groups is 2. The van der Waals surface area contributed by atoms with E-state index in [1.54, 1.807) is 41.4 Å². The Kier molecular flexibility index (Phi) is 5.56. The molecule has 2 aromatic heterocycles. The maximum atomic E-state index is 12.4. The van der Waals surface area contributed by atoms with Gasteiger partial charge in [0.25, 0.3) is 5.91 Å². The molecule has 31 heavy (non-hydrogen) atoms. The van der Waals surface area contributed by atoms with E-state index in [4.69, 9.17) is 0 Å². The lowest BCUT2D eigenvalue weighted by Gasteiger charge is -2.14. The van der Waals surface area contributed by atoms with Crippen LogP contribution in [0.1, 0.15) is 23.0 Å². The van der Waals surface area contributed by atoms with Gasteiger partial charge in [-0.1, -0.05) is 6.07 Å². The fraction of sp³-hybridized carbons (Fsp3) is 0.200. The number of nitrogens with one attached hydrogen (secondary N) is 5. The van der Waals surface area contributed by atoms with Crippen LogP contribution in [0.5, 0.6) is 5.75 Å². The van der Waals surface area contributed by atoms with Crippen LogP contribution in [0.3, 0.4) is 0 Å². The number of fused-ring (bicyclic) bond motifs is 1. The molecule has 11 nitrogen and oxygen atoms in total. The normalized spacial score (nSPS) is 14.2. The predicted octanol–water partition coefficient (Wildman–Crippen LogP) is 1.34. The lowest BCUT2D eigenvalue weighted by Crippen LogP contribution is -2.47. The van der Waals surface area contributed by atoms with E-state index in [1.165, 1.54) is 6.33 Å². The van der Waals surface area contributed by atoms with Gasteiger partial charge in [-0.2, -0.15) is 0 Å². The third kappa shape index (κ3) is 4.50. The minimum absolute atomic E-state index is 0.00326. The molecule has 1 aliphatic heterocycles. The smallest absolute Gasteiger partial charge is 0.317 e. The van der Waals surface area contributed by atoms with Gasteiger partial charge < -0.3 is 36.3 Å². The molecule has 0 fully saturated rings. The molecule has 4 rings (SSSR count). The number of phenols is 1. The third-order valence-electron chi connectivity index (χ3n) is 4.59. The number of nitrogens with zero attached hydrogens (tertiary/aromatic N) is 3. The summed E-state index contributed by atoms with van der Waals surface area (Å²) in [4.78, 5) is 32.3. The van der Waals surface area contributed by atoms with Crippen LogP contribution in [0.2, 0.25) is 0 Å². The first-order valence-corrected chi connectivity index (χ1v) is 9.69. The lowest BCUT2D eigenvalue weighted by molar-refractivity contribution is 0.0946. The summed E-state index contributed by atoms with van der Waals surface area (Å²) in [5.41, 5.74) is 2.80. The van der Waals surface area contributed by atoms with Crippen LogP contribution in [0.15, 0.2) is 49.2 Å². The summed E-state index contributed by atoms with van der Waals surface area (Å²) in [6.45, 7) is 2.66. The third-order valence-corrected chi connectivity index (χ3v) is 4.59. The number of benzene rings is 1. The highest BCUT2D eigenvalue weighted by Crippen LogP contribution is 2.38. The van der Waals surface area contributed by atoms with E-state index in [1.807, 2.05) is 13.0 Å². The Hall–Kier alpha value is -4.28. The Balaban J connectivity index is 1.44. The molecule has 1 aromatic carbocycles. The first kappa shape index (κ1) is 20.0. The second-order valence-corrected chi connectivity index (χ2v) is 6.82. The summed E-state index contributed by atoms with van der Waals surface area (Å²) in [7, 11) is 0. The Morgan fingerprint density at radius 3 is 2.90 bits per heavy atom. The number of amides is 3. The van der Waals surface area contributed by atoms with Crippen molar-refractivity contribution in [2.24, 2.45) is 0 Å². The maximum absolute atomic E-state index is 12.4. The van der Waals surface area contributed by atoms with Crippen molar-refractivity contribution >= 4 is 23.3 Å². The highest BCUT2D eigenvalue weighted by molar-refractivity contribution is 5.92. The van der Waals surface area contributed by atoms with Crippen molar-refractivity contribution in [2.45, 2.75) is 19.8 Å². The molecule has 0 saturated carbocycles. The van der Waals surface area contributed by atoms with Crippen molar-refractivity contribution in [2.75, 3.05) is 17.2 Å². The molecule has 3 heterocycles. The molecule has 11 heteroatoms. The van der Waals surface area contributed by atoms with Gasteiger partial charge in [0.1, 0.15) is 23.5 Å². The number of hydrogen-bond donors (Lipinski definition) is 6. The molecule has 6 N–H and O–H groups in total. The first-order valence-electron chi connectivity index (χ1n) is 9.69. The standard InChI is InChI=1S/C20H22N8O3/c1-2-22-20(31)27-19-25-14-6-13(7-16(29)17(14)26-19)28-10-15(24-11-28)18(30)23-9-12-4-3-5-21-8-12/h3-8,10-11,19,25-26,29H,2,9H2,1H3,(H,23,30)(H2,22,27,31). The minimum Gasteiger partial charge on any atom is -0.506 e. The van der Waals surface area contributed by atoms with Gasteiger partial charge in [0, 0.05) is 37.7 Å². The molecule has 3 amide bonds. The summed E-state index contributed by atoms with van der Waals surface area (Å²) in [5, 5.41) is 24.6. The van der Waals surface area contributed by atoms with Gasteiger partial charge in [0.2, 0.25) is 0 Å². The number of aromatic nitrogens is 3. The van der Waals surface area contributed by atoms with Gasteiger partial charge in [0.05, 0.1) is 11.4 Å². The topological polar surface area (TPSA) is 145 Å². The number of phenolic OH excluding ortho intramolecular Hbond substituents is 1. The molecule has 0 radical (unpaired) electrons. The molecule has 0 bridgehead atoms. The van der Waals surface area contributed by atoms with E-state index < -0.39 is 6.29 Å². The van der Waals surface area contributed by atoms with E-state index in [-0.39, 0.29) is 23.4 Å². The van der Waals surface area contributed by atoms with E-state index in [0.29, 0.717) is 30.2 Å². The number of imidazole rings is 1. The van der Waals surface area contributed by atoms with Gasteiger partial charge in [-0.15, -0.1) is 0 Å². The van der Waals surface area contributed by atoms with Gasteiger partial charge >= 0.3 is 6.03 Å². The van der Waals surface area contributed by atoms with Crippen LogP contribution >= 0.6 is 0 Å². The van der Waals surface area contributed by atoms with E-state index >= 15 is 0 Å². The average molecular weight is 422 g/mol. The molecule has 1 atom stereocenters. The average Bonchev–Trinajstić information content (AvgIpc) is 3.40. The van der Waals surface area contributed by atoms with Crippen LogP contribution < -0.4 is 26.6 Å². The van der Waals surface area contributed by atoms with Gasteiger partial charge in [-0.3, -0.25) is 9.78 Å². The molecule has 1 aliphatic rings. The van der Waals surface area contributed by atoms with Crippen molar-refractivity contribution in [1.82, 2.24) is 30.5 Å². The summed E-state index contributed by atoms with van der Waals surface area (Å²) in [6.07, 6.45) is 5.85. The zero-order valence-corrected chi connectivity index (χ0v) is 16.7. The zero-order valence-electron chi connectivity index (χ0n) is 16.7. The molecular weight excluding hydrogens is 400 g/mol. The Morgan fingerprint density at radius 2 is 2.13 bits per heavy atom. The highest BCUT2D eigenvalue weighted by atomic mass is 16.3. The van der Waals surface area contributed by atoms with Crippen LogP contribution in [0.4, 0.5) is 16.2 Å². The van der Waals surface area contributed by atoms with Crippen molar-refractivity contribution < 1.29 is 14.7 Å². The molecular formula is C20H22N8O3. The molecule has 0 aliphatic carbocycles. The number of anilines is 2. The minimum atomic E-state index is -0.570. The number of aromatic hydroxyl groups is 1. The first-order chi connectivity index (χ1) is 15.0. The SMILES string of the molecule is CCNC(=O)NC1Nc2cc(-n3cnc(C(=O)NCc4cccnc4)c3)cc(O)c2N1. The largest absolute Gasteiger partial charge is 0.506 e. The van der Waals surface area contributed by atoms with E-state index in [0.717, 1.165) is 5.56 Å².